The van der Waals surface area contributed by atoms with Gasteiger partial charge < -0.3 is 10.1 Å². The number of aromatic nitrogens is 1. The Labute approximate surface area is 138 Å². The molecule has 0 radical (unpaired) electrons. The molecule has 3 rings (SSSR count). The van der Waals surface area contributed by atoms with Crippen molar-refractivity contribution in [2.24, 2.45) is 5.92 Å². The molecular formula is C17H17N3O4. The lowest BCUT2D eigenvalue weighted by Crippen LogP contribution is -2.18. The molecule has 1 N–H and O–H groups in total. The number of amides is 1. The molecule has 1 amide bonds. The molecule has 1 fully saturated rings. The third-order valence-electron chi connectivity index (χ3n) is 4.07. The maximum Gasteiger partial charge on any atom is 0.234 e. The van der Waals surface area contributed by atoms with Crippen LogP contribution in [0.1, 0.15) is 17.5 Å². The van der Waals surface area contributed by atoms with E-state index in [2.05, 4.69) is 10.3 Å². The van der Waals surface area contributed by atoms with Crippen LogP contribution in [0.4, 0.5) is 5.69 Å². The van der Waals surface area contributed by atoms with E-state index in [1.54, 1.807) is 12.1 Å². The molecular weight excluding hydrogens is 310 g/mol. The molecule has 2 aromatic rings. The standard InChI is InChI=1S/C17H17N3O4/c1-10-3-5-13(7-11(10)2)24-16-6-4-12(9-18-16)19-17(21)14-8-15(14)20(22)23/h3-7,9,14-15H,8H2,1-2H3,(H,19,21)/t14-,15-/m1/s1. The van der Waals surface area contributed by atoms with Gasteiger partial charge in [0.25, 0.3) is 0 Å². The third kappa shape index (κ3) is 3.51. The molecule has 1 saturated carbocycles. The minimum atomic E-state index is -0.759. The molecule has 0 aliphatic heterocycles. The van der Waals surface area contributed by atoms with E-state index in [0.29, 0.717) is 23.7 Å². The van der Waals surface area contributed by atoms with Crippen molar-refractivity contribution in [1.82, 2.24) is 4.98 Å². The summed E-state index contributed by atoms with van der Waals surface area (Å²) in [5.41, 5.74) is 2.80. The van der Waals surface area contributed by atoms with Crippen LogP contribution >= 0.6 is 0 Å². The molecule has 24 heavy (non-hydrogen) atoms. The highest BCUT2D eigenvalue weighted by Crippen LogP contribution is 2.34. The minimum Gasteiger partial charge on any atom is -0.439 e. The average molecular weight is 327 g/mol. The molecule has 1 aromatic heterocycles. The molecule has 0 saturated heterocycles. The maximum absolute atomic E-state index is 11.9. The topological polar surface area (TPSA) is 94.4 Å². The van der Waals surface area contributed by atoms with Gasteiger partial charge in [0.15, 0.2) is 0 Å². The number of nitrogens with one attached hydrogen (secondary N) is 1. The van der Waals surface area contributed by atoms with Crippen LogP contribution in [0.2, 0.25) is 0 Å². The van der Waals surface area contributed by atoms with Gasteiger partial charge in [0, 0.05) is 17.4 Å². The van der Waals surface area contributed by atoms with Crippen LogP contribution in [0.5, 0.6) is 11.6 Å². The number of hydrogen-bond donors (Lipinski definition) is 1. The first-order chi connectivity index (χ1) is 11.4. The Morgan fingerprint density at radius 1 is 1.29 bits per heavy atom. The highest BCUT2D eigenvalue weighted by atomic mass is 16.6. The Morgan fingerprint density at radius 3 is 2.67 bits per heavy atom. The number of rotatable bonds is 5. The molecule has 0 bridgehead atoms. The fourth-order valence-corrected chi connectivity index (χ4v) is 2.34. The van der Waals surface area contributed by atoms with E-state index in [1.165, 1.54) is 11.8 Å². The molecule has 1 aliphatic carbocycles. The van der Waals surface area contributed by atoms with E-state index in [-0.39, 0.29) is 5.91 Å². The van der Waals surface area contributed by atoms with Gasteiger partial charge in [-0.25, -0.2) is 4.98 Å². The number of aryl methyl sites for hydroxylation is 2. The van der Waals surface area contributed by atoms with Crippen LogP contribution in [0.15, 0.2) is 36.5 Å². The minimum absolute atomic E-state index is 0.292. The van der Waals surface area contributed by atoms with E-state index < -0.39 is 16.9 Å². The van der Waals surface area contributed by atoms with Gasteiger partial charge in [-0.3, -0.25) is 14.9 Å². The number of benzene rings is 1. The number of pyridine rings is 1. The number of nitrogens with zero attached hydrogens (tertiary/aromatic N) is 2. The Kier molecular flexibility index (Phi) is 4.16. The van der Waals surface area contributed by atoms with Crippen molar-refractivity contribution in [3.05, 3.63) is 57.8 Å². The lowest BCUT2D eigenvalue weighted by atomic mass is 10.1. The summed E-state index contributed by atoms with van der Waals surface area (Å²) in [6, 6.07) is 8.31. The van der Waals surface area contributed by atoms with Crippen molar-refractivity contribution >= 4 is 11.6 Å². The number of hydrogen-bond acceptors (Lipinski definition) is 5. The smallest absolute Gasteiger partial charge is 0.234 e. The van der Waals surface area contributed by atoms with Gasteiger partial charge in [-0.2, -0.15) is 0 Å². The predicted octanol–water partition coefficient (Wildman–Crippen LogP) is 3.09. The monoisotopic (exact) mass is 327 g/mol. The highest BCUT2D eigenvalue weighted by molar-refractivity contribution is 5.94. The zero-order valence-electron chi connectivity index (χ0n) is 13.4. The second-order valence-corrected chi connectivity index (χ2v) is 5.92. The molecule has 1 heterocycles. The first-order valence-corrected chi connectivity index (χ1v) is 7.59. The molecule has 124 valence electrons. The molecule has 1 aromatic carbocycles. The van der Waals surface area contributed by atoms with E-state index >= 15 is 0 Å². The zero-order valence-corrected chi connectivity index (χ0v) is 13.4. The van der Waals surface area contributed by atoms with Crippen LogP contribution in [-0.4, -0.2) is 21.9 Å². The van der Waals surface area contributed by atoms with E-state index in [4.69, 9.17) is 4.74 Å². The van der Waals surface area contributed by atoms with E-state index in [0.717, 1.165) is 5.56 Å². The van der Waals surface area contributed by atoms with Gasteiger partial charge >= 0.3 is 0 Å². The Bertz CT molecular complexity index is 789. The predicted molar refractivity (Wildman–Crippen MR) is 87.7 cm³/mol. The van der Waals surface area contributed by atoms with Crippen LogP contribution < -0.4 is 10.1 Å². The second kappa shape index (κ2) is 6.27. The molecule has 7 nitrogen and oxygen atoms in total. The summed E-state index contributed by atoms with van der Waals surface area (Å²) in [5.74, 6) is 0.202. The fraction of sp³-hybridized carbons (Fsp3) is 0.294. The summed E-state index contributed by atoms with van der Waals surface area (Å²) >= 11 is 0. The first-order valence-electron chi connectivity index (χ1n) is 7.59. The van der Waals surface area contributed by atoms with Crippen molar-refractivity contribution in [3.63, 3.8) is 0 Å². The number of nitro groups is 1. The quantitative estimate of drug-likeness (QED) is 0.672. The lowest BCUT2D eigenvalue weighted by Gasteiger charge is -2.08. The average Bonchev–Trinajstić information content (AvgIpc) is 3.34. The van der Waals surface area contributed by atoms with Gasteiger partial charge in [-0.15, -0.1) is 0 Å². The molecule has 2 atom stereocenters. The second-order valence-electron chi connectivity index (χ2n) is 5.92. The van der Waals surface area contributed by atoms with Crippen molar-refractivity contribution in [2.75, 3.05) is 5.32 Å². The Morgan fingerprint density at radius 2 is 2.08 bits per heavy atom. The highest BCUT2D eigenvalue weighted by Gasteiger charge is 2.53. The van der Waals surface area contributed by atoms with Gasteiger partial charge in [0.1, 0.15) is 11.7 Å². The maximum atomic E-state index is 11.9. The van der Waals surface area contributed by atoms with Gasteiger partial charge in [-0.1, -0.05) is 6.07 Å². The Balaban J connectivity index is 1.60. The van der Waals surface area contributed by atoms with E-state index in [1.807, 2.05) is 32.0 Å². The molecule has 7 heteroatoms. The summed E-state index contributed by atoms with van der Waals surface area (Å²) in [6.45, 7) is 4.03. The summed E-state index contributed by atoms with van der Waals surface area (Å²) in [4.78, 5) is 26.2. The number of ether oxygens (including phenoxy) is 1. The Hall–Kier alpha value is -2.96. The number of carbonyl (C=O) groups is 1. The lowest BCUT2D eigenvalue weighted by molar-refractivity contribution is -0.497. The van der Waals surface area contributed by atoms with Gasteiger partial charge in [0.05, 0.1) is 11.9 Å². The normalized spacial score (nSPS) is 18.8. The van der Waals surface area contributed by atoms with Crippen molar-refractivity contribution < 1.29 is 14.5 Å². The van der Waals surface area contributed by atoms with Crippen LogP contribution in [0.25, 0.3) is 0 Å². The van der Waals surface area contributed by atoms with Gasteiger partial charge in [-0.05, 0) is 43.2 Å². The van der Waals surface area contributed by atoms with Gasteiger partial charge in [0.2, 0.25) is 17.8 Å². The molecule has 1 aliphatic rings. The molecule has 0 unspecified atom stereocenters. The first kappa shape index (κ1) is 15.9. The van der Waals surface area contributed by atoms with Crippen LogP contribution in [-0.2, 0) is 4.79 Å². The largest absolute Gasteiger partial charge is 0.439 e. The SMILES string of the molecule is Cc1ccc(Oc2ccc(NC(=O)[C@@H]3C[C@H]3[N+](=O)[O-])cn2)cc1C. The zero-order chi connectivity index (χ0) is 17.3. The van der Waals surface area contributed by atoms with Crippen molar-refractivity contribution in [1.29, 1.82) is 0 Å². The summed E-state index contributed by atoms with van der Waals surface area (Å²) in [6.07, 6.45) is 1.76. The summed E-state index contributed by atoms with van der Waals surface area (Å²) in [7, 11) is 0. The number of anilines is 1. The summed E-state index contributed by atoms with van der Waals surface area (Å²) in [5, 5.41) is 13.2. The number of carbonyl (C=O) groups excluding carboxylic acids is 1. The van der Waals surface area contributed by atoms with E-state index in [9.17, 15) is 14.9 Å². The third-order valence-corrected chi connectivity index (χ3v) is 4.07. The van der Waals surface area contributed by atoms with Crippen LogP contribution in [0, 0.1) is 29.9 Å². The van der Waals surface area contributed by atoms with Crippen molar-refractivity contribution in [2.45, 2.75) is 26.3 Å². The summed E-state index contributed by atoms with van der Waals surface area (Å²) < 4.78 is 5.67. The fourth-order valence-electron chi connectivity index (χ4n) is 2.34. The molecule has 0 spiro atoms. The van der Waals surface area contributed by atoms with Crippen molar-refractivity contribution in [3.8, 4) is 11.6 Å². The van der Waals surface area contributed by atoms with Crippen LogP contribution in [0.3, 0.4) is 0 Å².